The fraction of sp³-hybridized carbons (Fsp3) is 0. The fourth-order valence-corrected chi connectivity index (χ4v) is 8.55. The summed E-state index contributed by atoms with van der Waals surface area (Å²) in [5.41, 5.74) is 7.76. The molecule has 12 aromatic rings. The molecule has 56 heavy (non-hydrogen) atoms. The van der Waals surface area contributed by atoms with Crippen LogP contribution in [-0.2, 0) is 0 Å². The number of fused-ring (bicyclic) bond motifs is 10. The molecule has 3 aromatic heterocycles. The SMILES string of the molecule is c1ccc(-c2nc(-c3ccc4ccccc4c3)nc(-c3cc4oc5ccccc5c4c4cc(-n5c6ccccc6c6cc7ccccc7cc65)ccc34)n2)cc1. The maximum atomic E-state index is 6.64. The van der Waals surface area contributed by atoms with E-state index in [2.05, 4.69) is 144 Å². The minimum Gasteiger partial charge on any atom is -0.456 e. The summed E-state index contributed by atoms with van der Waals surface area (Å²) in [7, 11) is 0. The molecule has 0 aliphatic carbocycles. The molecule has 0 aliphatic heterocycles. The van der Waals surface area contributed by atoms with Gasteiger partial charge in [0.2, 0.25) is 0 Å². The smallest absolute Gasteiger partial charge is 0.164 e. The third-order valence-electron chi connectivity index (χ3n) is 11.2. The van der Waals surface area contributed by atoms with Gasteiger partial charge in [0, 0.05) is 43.9 Å². The number of rotatable bonds is 4. The second-order valence-corrected chi connectivity index (χ2v) is 14.4. The van der Waals surface area contributed by atoms with Gasteiger partial charge in [-0.25, -0.2) is 15.0 Å². The molecule has 0 saturated heterocycles. The Morgan fingerprint density at radius 2 is 1.02 bits per heavy atom. The maximum Gasteiger partial charge on any atom is 0.164 e. The standard InChI is InChI=1S/C51H30N4O/c1-2-13-32(14-3-1)49-52-50(36-23-22-31-12-4-5-15-33(31)26-36)54-51(53-49)43-30-47-48(40-19-9-11-21-46(40)56-47)42-29-37(24-25-38(42)43)55-44-20-10-8-18-39(44)41-27-34-16-6-7-17-35(34)28-45(41)55/h1-30H. The van der Waals surface area contributed by atoms with Crippen molar-refractivity contribution in [2.75, 3.05) is 0 Å². The molecule has 0 N–H and O–H groups in total. The molecule has 5 nitrogen and oxygen atoms in total. The van der Waals surface area contributed by atoms with Gasteiger partial charge in [-0.15, -0.1) is 0 Å². The molecule has 0 saturated carbocycles. The molecular weight excluding hydrogens is 685 g/mol. The summed E-state index contributed by atoms with van der Waals surface area (Å²) in [6, 6.07) is 64.0. The van der Waals surface area contributed by atoms with Gasteiger partial charge >= 0.3 is 0 Å². The average Bonchev–Trinajstić information content (AvgIpc) is 3.80. The summed E-state index contributed by atoms with van der Waals surface area (Å²) >= 11 is 0. The van der Waals surface area contributed by atoms with Gasteiger partial charge in [0.05, 0.1) is 11.0 Å². The Morgan fingerprint density at radius 1 is 0.357 bits per heavy atom. The number of nitrogens with zero attached hydrogens (tertiary/aromatic N) is 4. The molecular formula is C51H30N4O. The van der Waals surface area contributed by atoms with Gasteiger partial charge in [-0.1, -0.05) is 133 Å². The lowest BCUT2D eigenvalue weighted by molar-refractivity contribution is 0.669. The second-order valence-electron chi connectivity index (χ2n) is 14.4. The van der Waals surface area contributed by atoms with Gasteiger partial charge in [-0.05, 0) is 80.8 Å². The fourth-order valence-electron chi connectivity index (χ4n) is 8.55. The molecule has 9 aromatic carbocycles. The van der Waals surface area contributed by atoms with Crippen molar-refractivity contribution in [2.45, 2.75) is 0 Å². The van der Waals surface area contributed by atoms with Crippen LogP contribution in [0, 0.1) is 0 Å². The van der Waals surface area contributed by atoms with Crippen molar-refractivity contribution in [1.82, 2.24) is 19.5 Å². The van der Waals surface area contributed by atoms with Crippen molar-refractivity contribution in [1.29, 1.82) is 0 Å². The number of para-hydroxylation sites is 2. The summed E-state index contributed by atoms with van der Waals surface area (Å²) in [6.07, 6.45) is 0. The minimum atomic E-state index is 0.588. The van der Waals surface area contributed by atoms with Gasteiger partial charge in [-0.2, -0.15) is 0 Å². The van der Waals surface area contributed by atoms with Crippen molar-refractivity contribution in [3.8, 4) is 39.9 Å². The normalized spacial score (nSPS) is 11.9. The molecule has 0 unspecified atom stereocenters. The largest absolute Gasteiger partial charge is 0.456 e. The first-order valence-corrected chi connectivity index (χ1v) is 18.8. The molecule has 0 aliphatic rings. The zero-order valence-corrected chi connectivity index (χ0v) is 30.0. The van der Waals surface area contributed by atoms with Crippen molar-refractivity contribution in [2.24, 2.45) is 0 Å². The van der Waals surface area contributed by atoms with Gasteiger partial charge in [0.1, 0.15) is 11.2 Å². The maximum absolute atomic E-state index is 6.64. The summed E-state index contributed by atoms with van der Waals surface area (Å²) in [5.74, 6) is 1.82. The Kier molecular flexibility index (Phi) is 6.56. The Hall–Kier alpha value is -7.63. The predicted octanol–water partition coefficient (Wildman–Crippen LogP) is 13.3. The van der Waals surface area contributed by atoms with E-state index >= 15 is 0 Å². The summed E-state index contributed by atoms with van der Waals surface area (Å²) in [5, 5.41) is 11.4. The van der Waals surface area contributed by atoms with Crippen molar-refractivity contribution < 1.29 is 4.42 Å². The third kappa shape index (κ3) is 4.71. The summed E-state index contributed by atoms with van der Waals surface area (Å²) in [6.45, 7) is 0. The van der Waals surface area contributed by atoms with Crippen LogP contribution in [0.1, 0.15) is 0 Å². The number of hydrogen-bond acceptors (Lipinski definition) is 4. The molecule has 12 rings (SSSR count). The lowest BCUT2D eigenvalue weighted by Crippen LogP contribution is -2.01. The van der Waals surface area contributed by atoms with Gasteiger partial charge < -0.3 is 8.98 Å². The lowest BCUT2D eigenvalue weighted by Gasteiger charge is -2.14. The van der Waals surface area contributed by atoms with Crippen LogP contribution in [0.4, 0.5) is 0 Å². The van der Waals surface area contributed by atoms with Crippen LogP contribution >= 0.6 is 0 Å². The molecule has 0 atom stereocenters. The van der Waals surface area contributed by atoms with E-state index in [1.807, 2.05) is 42.5 Å². The molecule has 0 spiro atoms. The molecule has 0 radical (unpaired) electrons. The van der Waals surface area contributed by atoms with Crippen molar-refractivity contribution in [3.63, 3.8) is 0 Å². The van der Waals surface area contributed by atoms with E-state index in [1.165, 1.54) is 32.4 Å². The van der Waals surface area contributed by atoms with Crippen LogP contribution in [-0.4, -0.2) is 19.5 Å². The van der Waals surface area contributed by atoms with E-state index < -0.39 is 0 Å². The van der Waals surface area contributed by atoms with E-state index in [4.69, 9.17) is 19.4 Å². The molecule has 260 valence electrons. The highest BCUT2D eigenvalue weighted by atomic mass is 16.3. The summed E-state index contributed by atoms with van der Waals surface area (Å²) in [4.78, 5) is 15.5. The Bertz CT molecular complexity index is 3540. The van der Waals surface area contributed by atoms with Crippen molar-refractivity contribution in [3.05, 3.63) is 182 Å². The van der Waals surface area contributed by atoms with E-state index in [0.717, 1.165) is 66.0 Å². The summed E-state index contributed by atoms with van der Waals surface area (Å²) < 4.78 is 9.04. The quantitative estimate of drug-likeness (QED) is 0.182. The number of hydrogen-bond donors (Lipinski definition) is 0. The first kappa shape index (κ1) is 30.8. The molecule has 5 heteroatoms. The Balaban J connectivity index is 1.15. The first-order chi connectivity index (χ1) is 27.7. The Labute approximate surface area is 320 Å². The zero-order chi connectivity index (χ0) is 36.7. The van der Waals surface area contributed by atoms with Crippen molar-refractivity contribution >= 4 is 76.1 Å². The van der Waals surface area contributed by atoms with E-state index in [1.54, 1.807) is 0 Å². The van der Waals surface area contributed by atoms with Crippen LogP contribution in [0.2, 0.25) is 0 Å². The number of furan rings is 1. The second kappa shape index (κ2) is 11.9. The van der Waals surface area contributed by atoms with Crippen LogP contribution < -0.4 is 0 Å². The highest BCUT2D eigenvalue weighted by Gasteiger charge is 2.21. The monoisotopic (exact) mass is 714 g/mol. The van der Waals surface area contributed by atoms with Crippen LogP contribution in [0.25, 0.3) is 116 Å². The van der Waals surface area contributed by atoms with Gasteiger partial charge in [-0.3, -0.25) is 0 Å². The van der Waals surface area contributed by atoms with Crippen LogP contribution in [0.15, 0.2) is 186 Å². The van der Waals surface area contributed by atoms with Crippen LogP contribution in [0.3, 0.4) is 0 Å². The highest BCUT2D eigenvalue weighted by molar-refractivity contribution is 6.22. The van der Waals surface area contributed by atoms with E-state index in [0.29, 0.717) is 17.5 Å². The predicted molar refractivity (Wildman–Crippen MR) is 230 cm³/mol. The first-order valence-electron chi connectivity index (χ1n) is 18.8. The molecule has 0 fully saturated rings. The van der Waals surface area contributed by atoms with Gasteiger partial charge in [0.25, 0.3) is 0 Å². The number of aromatic nitrogens is 4. The van der Waals surface area contributed by atoms with E-state index in [9.17, 15) is 0 Å². The van der Waals surface area contributed by atoms with Crippen LogP contribution in [0.5, 0.6) is 0 Å². The molecule has 3 heterocycles. The lowest BCUT2D eigenvalue weighted by atomic mass is 9.97. The average molecular weight is 715 g/mol. The Morgan fingerprint density at radius 3 is 1.86 bits per heavy atom. The number of benzene rings is 9. The molecule has 0 bridgehead atoms. The third-order valence-corrected chi connectivity index (χ3v) is 11.2. The molecule has 0 amide bonds. The zero-order valence-electron chi connectivity index (χ0n) is 30.0. The van der Waals surface area contributed by atoms with Gasteiger partial charge in [0.15, 0.2) is 17.5 Å². The minimum absolute atomic E-state index is 0.588. The highest BCUT2D eigenvalue weighted by Crippen LogP contribution is 2.42. The topological polar surface area (TPSA) is 56.7 Å². The van der Waals surface area contributed by atoms with E-state index in [-0.39, 0.29) is 0 Å².